The highest BCUT2D eigenvalue weighted by Gasteiger charge is 2.13. The van der Waals surface area contributed by atoms with Crippen LogP contribution in [0.5, 0.6) is 11.5 Å². The van der Waals surface area contributed by atoms with Crippen molar-refractivity contribution >= 4 is 37.5 Å². The standard InChI is InChI=1S/C21H18Br2FNO2/c1-26-20-11-14(12-25-17-8-6-16(22)7-9-17)10-18(23)21(20)27-13-15-4-2-3-5-19(15)24/h2-11,25H,12-13H2,1H3. The fraction of sp³-hybridized carbons (Fsp3) is 0.143. The Morgan fingerprint density at radius 1 is 1.00 bits per heavy atom. The Kier molecular flexibility index (Phi) is 6.74. The average Bonchev–Trinajstić information content (AvgIpc) is 2.67. The summed E-state index contributed by atoms with van der Waals surface area (Å²) in [7, 11) is 1.59. The molecule has 0 amide bonds. The van der Waals surface area contributed by atoms with Crippen LogP contribution in [0.3, 0.4) is 0 Å². The fourth-order valence-corrected chi connectivity index (χ4v) is 3.42. The highest BCUT2D eigenvalue weighted by Crippen LogP contribution is 2.37. The molecule has 3 nitrogen and oxygen atoms in total. The molecule has 6 heteroatoms. The Hall–Kier alpha value is -2.05. The van der Waals surface area contributed by atoms with Gasteiger partial charge < -0.3 is 14.8 Å². The second kappa shape index (κ2) is 9.24. The van der Waals surface area contributed by atoms with Crippen molar-refractivity contribution in [1.29, 1.82) is 0 Å². The number of anilines is 1. The molecule has 0 atom stereocenters. The lowest BCUT2D eigenvalue weighted by atomic mass is 10.2. The van der Waals surface area contributed by atoms with E-state index in [9.17, 15) is 4.39 Å². The van der Waals surface area contributed by atoms with Crippen LogP contribution in [0.15, 0.2) is 69.6 Å². The average molecular weight is 495 g/mol. The molecule has 1 N–H and O–H groups in total. The summed E-state index contributed by atoms with van der Waals surface area (Å²) in [5.74, 6) is 0.851. The zero-order valence-corrected chi connectivity index (χ0v) is 17.8. The molecule has 0 aromatic heterocycles. The van der Waals surface area contributed by atoms with Crippen molar-refractivity contribution in [2.24, 2.45) is 0 Å². The maximum Gasteiger partial charge on any atom is 0.175 e. The van der Waals surface area contributed by atoms with E-state index < -0.39 is 0 Å². The largest absolute Gasteiger partial charge is 0.493 e. The summed E-state index contributed by atoms with van der Waals surface area (Å²) < 4.78 is 26.9. The van der Waals surface area contributed by atoms with Gasteiger partial charge in [0.1, 0.15) is 12.4 Å². The molecule has 0 bridgehead atoms. The number of methoxy groups -OCH3 is 1. The van der Waals surface area contributed by atoms with Crippen molar-refractivity contribution < 1.29 is 13.9 Å². The van der Waals surface area contributed by atoms with E-state index in [0.717, 1.165) is 20.2 Å². The Balaban J connectivity index is 1.72. The van der Waals surface area contributed by atoms with Crippen molar-refractivity contribution in [3.63, 3.8) is 0 Å². The second-order valence-electron chi connectivity index (χ2n) is 5.85. The molecule has 0 spiro atoms. The molecule has 3 aromatic rings. The van der Waals surface area contributed by atoms with Crippen molar-refractivity contribution in [2.75, 3.05) is 12.4 Å². The molecule has 0 saturated carbocycles. The van der Waals surface area contributed by atoms with E-state index in [1.165, 1.54) is 6.07 Å². The topological polar surface area (TPSA) is 30.5 Å². The number of halogens is 3. The van der Waals surface area contributed by atoms with E-state index >= 15 is 0 Å². The number of hydrogen-bond donors (Lipinski definition) is 1. The van der Waals surface area contributed by atoms with Crippen LogP contribution in [-0.4, -0.2) is 7.11 Å². The summed E-state index contributed by atoms with van der Waals surface area (Å²) in [6.45, 7) is 0.752. The van der Waals surface area contributed by atoms with E-state index in [-0.39, 0.29) is 12.4 Å². The van der Waals surface area contributed by atoms with Crippen LogP contribution in [0.1, 0.15) is 11.1 Å². The predicted molar refractivity (Wildman–Crippen MR) is 113 cm³/mol. The molecule has 0 aliphatic carbocycles. The smallest absolute Gasteiger partial charge is 0.175 e. The molecule has 3 rings (SSSR count). The van der Waals surface area contributed by atoms with Crippen LogP contribution in [0.25, 0.3) is 0 Å². The number of benzene rings is 3. The molecule has 0 unspecified atom stereocenters. The van der Waals surface area contributed by atoms with Gasteiger partial charge in [0.05, 0.1) is 11.6 Å². The highest BCUT2D eigenvalue weighted by molar-refractivity contribution is 9.10. The summed E-state index contributed by atoms with van der Waals surface area (Å²) in [5.41, 5.74) is 2.54. The summed E-state index contributed by atoms with van der Waals surface area (Å²) in [5, 5.41) is 3.36. The lowest BCUT2D eigenvalue weighted by molar-refractivity contribution is 0.277. The second-order valence-corrected chi connectivity index (χ2v) is 7.62. The Bertz CT molecular complexity index is 917. The maximum absolute atomic E-state index is 13.8. The first-order valence-corrected chi connectivity index (χ1v) is 9.87. The molecule has 0 saturated heterocycles. The first-order valence-electron chi connectivity index (χ1n) is 8.29. The lowest BCUT2D eigenvalue weighted by Gasteiger charge is -2.15. The van der Waals surface area contributed by atoms with Gasteiger partial charge in [-0.2, -0.15) is 0 Å². The van der Waals surface area contributed by atoms with Gasteiger partial charge in [0.2, 0.25) is 0 Å². The lowest BCUT2D eigenvalue weighted by Crippen LogP contribution is -2.03. The third-order valence-corrected chi connectivity index (χ3v) is 5.08. The molecule has 27 heavy (non-hydrogen) atoms. The Morgan fingerprint density at radius 2 is 1.74 bits per heavy atom. The van der Waals surface area contributed by atoms with Crippen LogP contribution < -0.4 is 14.8 Å². The number of hydrogen-bond acceptors (Lipinski definition) is 3. The first-order chi connectivity index (χ1) is 13.1. The molecule has 0 heterocycles. The number of ether oxygens (including phenoxy) is 2. The quantitative estimate of drug-likeness (QED) is 0.404. The third kappa shape index (κ3) is 5.23. The number of rotatable bonds is 7. The van der Waals surface area contributed by atoms with Gasteiger partial charge in [0.25, 0.3) is 0 Å². The van der Waals surface area contributed by atoms with Crippen molar-refractivity contribution in [2.45, 2.75) is 13.2 Å². The highest BCUT2D eigenvalue weighted by atomic mass is 79.9. The zero-order chi connectivity index (χ0) is 19.2. The van der Waals surface area contributed by atoms with E-state index in [1.807, 2.05) is 36.4 Å². The third-order valence-electron chi connectivity index (χ3n) is 3.96. The van der Waals surface area contributed by atoms with Gasteiger partial charge in [-0.25, -0.2) is 4.39 Å². The maximum atomic E-state index is 13.8. The van der Waals surface area contributed by atoms with Crippen LogP contribution in [0.4, 0.5) is 10.1 Å². The minimum absolute atomic E-state index is 0.123. The van der Waals surface area contributed by atoms with E-state index in [1.54, 1.807) is 25.3 Å². The predicted octanol–water partition coefficient (Wildman–Crippen LogP) is 6.55. The van der Waals surface area contributed by atoms with E-state index in [4.69, 9.17) is 9.47 Å². The van der Waals surface area contributed by atoms with Crippen LogP contribution in [0, 0.1) is 5.82 Å². The van der Waals surface area contributed by atoms with E-state index in [2.05, 4.69) is 37.2 Å². The molecule has 0 aliphatic heterocycles. The molecular formula is C21H18Br2FNO2. The molecule has 0 fully saturated rings. The minimum Gasteiger partial charge on any atom is -0.493 e. The normalized spacial score (nSPS) is 10.5. The van der Waals surface area contributed by atoms with Crippen LogP contribution in [-0.2, 0) is 13.2 Å². The Morgan fingerprint density at radius 3 is 2.44 bits per heavy atom. The van der Waals surface area contributed by atoms with Gasteiger partial charge >= 0.3 is 0 Å². The summed E-state index contributed by atoms with van der Waals surface area (Å²) >= 11 is 6.96. The van der Waals surface area contributed by atoms with Gasteiger partial charge in [-0.1, -0.05) is 34.1 Å². The van der Waals surface area contributed by atoms with Crippen LogP contribution in [0.2, 0.25) is 0 Å². The SMILES string of the molecule is COc1cc(CNc2ccc(Br)cc2)cc(Br)c1OCc1ccccc1F. The molecular weight excluding hydrogens is 477 g/mol. The van der Waals surface area contributed by atoms with E-state index in [0.29, 0.717) is 23.6 Å². The van der Waals surface area contributed by atoms with Gasteiger partial charge in [0, 0.05) is 22.3 Å². The van der Waals surface area contributed by atoms with Crippen LogP contribution >= 0.6 is 31.9 Å². The number of nitrogens with one attached hydrogen (secondary N) is 1. The fourth-order valence-electron chi connectivity index (χ4n) is 2.55. The summed E-state index contributed by atoms with van der Waals surface area (Å²) in [6, 6.07) is 18.4. The molecule has 0 aliphatic rings. The minimum atomic E-state index is -0.289. The monoisotopic (exact) mass is 493 g/mol. The van der Waals surface area contributed by atoms with Crippen molar-refractivity contribution in [1.82, 2.24) is 0 Å². The molecule has 3 aromatic carbocycles. The zero-order valence-electron chi connectivity index (χ0n) is 14.6. The Labute approximate surface area is 174 Å². The molecule has 140 valence electrons. The van der Waals surface area contributed by atoms with Gasteiger partial charge in [-0.3, -0.25) is 0 Å². The first kappa shape index (κ1) is 19.7. The summed E-state index contributed by atoms with van der Waals surface area (Å²) in [4.78, 5) is 0. The summed E-state index contributed by atoms with van der Waals surface area (Å²) in [6.07, 6.45) is 0. The van der Waals surface area contributed by atoms with Crippen molar-refractivity contribution in [3.8, 4) is 11.5 Å². The molecule has 0 radical (unpaired) electrons. The van der Waals surface area contributed by atoms with Gasteiger partial charge in [-0.15, -0.1) is 0 Å². The van der Waals surface area contributed by atoms with Gasteiger partial charge in [-0.05, 0) is 64.0 Å². The van der Waals surface area contributed by atoms with Crippen molar-refractivity contribution in [3.05, 3.63) is 86.6 Å². The van der Waals surface area contributed by atoms with Gasteiger partial charge in [0.15, 0.2) is 11.5 Å².